The molecule has 21 heavy (non-hydrogen) atoms. The van der Waals surface area contributed by atoms with E-state index in [0.29, 0.717) is 12.6 Å². The van der Waals surface area contributed by atoms with Crippen LogP contribution in [0.1, 0.15) is 39.3 Å². The first-order chi connectivity index (χ1) is 9.76. The van der Waals surface area contributed by atoms with Gasteiger partial charge in [0.15, 0.2) is 11.5 Å². The van der Waals surface area contributed by atoms with E-state index in [1.54, 1.807) is 14.2 Å². The zero-order valence-corrected chi connectivity index (χ0v) is 14.4. The molecule has 2 atom stereocenters. The van der Waals surface area contributed by atoms with Gasteiger partial charge in [0, 0.05) is 18.6 Å². The molecule has 0 aliphatic carbocycles. The van der Waals surface area contributed by atoms with Crippen molar-refractivity contribution in [1.82, 2.24) is 4.90 Å². The van der Waals surface area contributed by atoms with E-state index in [2.05, 4.69) is 45.7 Å². The van der Waals surface area contributed by atoms with Gasteiger partial charge in [0.05, 0.1) is 14.2 Å². The van der Waals surface area contributed by atoms with Crippen molar-refractivity contribution in [3.63, 3.8) is 0 Å². The molecule has 0 saturated heterocycles. The summed E-state index contributed by atoms with van der Waals surface area (Å²) in [6.07, 6.45) is 0. The minimum Gasteiger partial charge on any atom is -0.493 e. The minimum absolute atomic E-state index is 0.152. The predicted molar refractivity (Wildman–Crippen MR) is 88.0 cm³/mol. The summed E-state index contributed by atoms with van der Waals surface area (Å²) in [5.74, 6) is 1.48. The molecule has 4 nitrogen and oxygen atoms in total. The Labute approximate surface area is 129 Å². The number of benzene rings is 1. The van der Waals surface area contributed by atoms with Gasteiger partial charge in [-0.15, -0.1) is 0 Å². The zero-order chi connectivity index (χ0) is 16.2. The van der Waals surface area contributed by atoms with E-state index in [1.807, 2.05) is 12.1 Å². The quantitative estimate of drug-likeness (QED) is 0.876. The summed E-state index contributed by atoms with van der Waals surface area (Å²) in [6, 6.07) is 6.57. The van der Waals surface area contributed by atoms with E-state index in [4.69, 9.17) is 15.2 Å². The number of likely N-dealkylation sites (N-methyl/N-ethyl adjacent to an activating group) is 1. The first-order valence-corrected chi connectivity index (χ1v) is 7.40. The van der Waals surface area contributed by atoms with Gasteiger partial charge in [-0.3, -0.25) is 4.90 Å². The standard InChI is InChI=1S/C17H30N2O2/c1-12(17(2,3)4)19(5)14(11-18)13-8-9-15(20-6)16(10-13)21-7/h8-10,12,14H,11,18H2,1-7H3. The van der Waals surface area contributed by atoms with Crippen molar-refractivity contribution in [2.24, 2.45) is 11.1 Å². The molecule has 0 fully saturated rings. The maximum atomic E-state index is 6.04. The Hall–Kier alpha value is -1.26. The molecule has 120 valence electrons. The second-order valence-corrected chi connectivity index (χ2v) is 6.57. The topological polar surface area (TPSA) is 47.7 Å². The molecule has 0 radical (unpaired) electrons. The molecular weight excluding hydrogens is 264 g/mol. The zero-order valence-electron chi connectivity index (χ0n) is 14.4. The molecule has 2 unspecified atom stereocenters. The lowest BCUT2D eigenvalue weighted by molar-refractivity contribution is 0.1000. The summed E-state index contributed by atoms with van der Waals surface area (Å²) < 4.78 is 10.7. The number of rotatable bonds is 6. The van der Waals surface area contributed by atoms with E-state index in [9.17, 15) is 0 Å². The smallest absolute Gasteiger partial charge is 0.161 e. The number of hydrogen-bond donors (Lipinski definition) is 1. The number of hydrogen-bond acceptors (Lipinski definition) is 4. The third-order valence-electron chi connectivity index (χ3n) is 4.37. The molecule has 4 heteroatoms. The maximum Gasteiger partial charge on any atom is 0.161 e. The van der Waals surface area contributed by atoms with Gasteiger partial charge in [0.2, 0.25) is 0 Å². The molecule has 0 aromatic heterocycles. The predicted octanol–water partition coefficient (Wildman–Crippen LogP) is 3.07. The average molecular weight is 294 g/mol. The van der Waals surface area contributed by atoms with Gasteiger partial charge in [-0.25, -0.2) is 0 Å². The van der Waals surface area contributed by atoms with Crippen molar-refractivity contribution in [3.05, 3.63) is 23.8 Å². The Morgan fingerprint density at radius 3 is 2.14 bits per heavy atom. The SMILES string of the molecule is COc1ccc(C(CN)N(C)C(C)C(C)(C)C)cc1OC. The van der Waals surface area contributed by atoms with E-state index in [-0.39, 0.29) is 11.5 Å². The van der Waals surface area contributed by atoms with Gasteiger partial charge in [0.1, 0.15) is 0 Å². The summed E-state index contributed by atoms with van der Waals surface area (Å²) in [7, 11) is 5.43. The molecule has 1 aromatic carbocycles. The number of nitrogens with two attached hydrogens (primary N) is 1. The first kappa shape index (κ1) is 17.8. The highest BCUT2D eigenvalue weighted by atomic mass is 16.5. The molecule has 0 amide bonds. The third kappa shape index (κ3) is 4.11. The van der Waals surface area contributed by atoms with Crippen LogP contribution in [0.5, 0.6) is 11.5 Å². The fourth-order valence-corrected chi connectivity index (χ4v) is 2.48. The monoisotopic (exact) mass is 294 g/mol. The lowest BCUT2D eigenvalue weighted by atomic mass is 9.86. The van der Waals surface area contributed by atoms with Crippen LogP contribution in [0.3, 0.4) is 0 Å². The van der Waals surface area contributed by atoms with Gasteiger partial charge < -0.3 is 15.2 Å². The molecule has 0 spiro atoms. The Morgan fingerprint density at radius 2 is 1.71 bits per heavy atom. The molecule has 0 aliphatic rings. The highest BCUT2D eigenvalue weighted by Gasteiger charge is 2.29. The van der Waals surface area contributed by atoms with Gasteiger partial charge in [-0.05, 0) is 37.1 Å². The van der Waals surface area contributed by atoms with Gasteiger partial charge >= 0.3 is 0 Å². The summed E-state index contributed by atoms with van der Waals surface area (Å²) in [5.41, 5.74) is 7.38. The van der Waals surface area contributed by atoms with Crippen LogP contribution < -0.4 is 15.2 Å². The summed E-state index contributed by atoms with van der Waals surface area (Å²) in [6.45, 7) is 9.54. The van der Waals surface area contributed by atoms with Crippen molar-refractivity contribution in [2.45, 2.75) is 39.8 Å². The van der Waals surface area contributed by atoms with E-state index in [0.717, 1.165) is 17.1 Å². The highest BCUT2D eigenvalue weighted by molar-refractivity contribution is 5.43. The molecular formula is C17H30N2O2. The summed E-state index contributed by atoms with van der Waals surface area (Å²) in [4.78, 5) is 2.33. The fraction of sp³-hybridized carbons (Fsp3) is 0.647. The van der Waals surface area contributed by atoms with Crippen LogP contribution in [0.4, 0.5) is 0 Å². The van der Waals surface area contributed by atoms with Gasteiger partial charge in [0.25, 0.3) is 0 Å². The normalized spacial score (nSPS) is 14.9. The van der Waals surface area contributed by atoms with Gasteiger partial charge in [-0.1, -0.05) is 26.8 Å². The Morgan fingerprint density at radius 1 is 1.14 bits per heavy atom. The van der Waals surface area contributed by atoms with Crippen LogP contribution in [0, 0.1) is 5.41 Å². The largest absolute Gasteiger partial charge is 0.493 e. The summed E-state index contributed by atoms with van der Waals surface area (Å²) >= 11 is 0. The van der Waals surface area contributed by atoms with Crippen molar-refractivity contribution in [3.8, 4) is 11.5 Å². The number of nitrogens with zero attached hydrogens (tertiary/aromatic N) is 1. The van der Waals surface area contributed by atoms with E-state index >= 15 is 0 Å². The lowest BCUT2D eigenvalue weighted by Gasteiger charge is -2.40. The Bertz CT molecular complexity index is 455. The van der Waals surface area contributed by atoms with Crippen molar-refractivity contribution >= 4 is 0 Å². The van der Waals surface area contributed by atoms with Crippen LogP contribution in [0.15, 0.2) is 18.2 Å². The van der Waals surface area contributed by atoms with Crippen molar-refractivity contribution < 1.29 is 9.47 Å². The third-order valence-corrected chi connectivity index (χ3v) is 4.37. The highest BCUT2D eigenvalue weighted by Crippen LogP contribution is 2.34. The maximum absolute atomic E-state index is 6.04. The van der Waals surface area contributed by atoms with Crippen LogP contribution in [0.25, 0.3) is 0 Å². The Kier molecular flexibility index (Phi) is 6.05. The molecule has 0 heterocycles. The molecule has 1 rings (SSSR count). The Balaban J connectivity index is 3.10. The van der Waals surface area contributed by atoms with Crippen molar-refractivity contribution in [1.29, 1.82) is 0 Å². The van der Waals surface area contributed by atoms with E-state index in [1.165, 1.54) is 0 Å². The second-order valence-electron chi connectivity index (χ2n) is 6.57. The molecule has 0 bridgehead atoms. The summed E-state index contributed by atoms with van der Waals surface area (Å²) in [5, 5.41) is 0. The van der Waals surface area contributed by atoms with Crippen LogP contribution in [0.2, 0.25) is 0 Å². The van der Waals surface area contributed by atoms with Crippen LogP contribution >= 0.6 is 0 Å². The number of ether oxygens (including phenoxy) is 2. The van der Waals surface area contributed by atoms with Crippen LogP contribution in [-0.4, -0.2) is 38.8 Å². The second kappa shape index (κ2) is 7.14. The first-order valence-electron chi connectivity index (χ1n) is 7.40. The number of methoxy groups -OCH3 is 2. The van der Waals surface area contributed by atoms with E-state index < -0.39 is 0 Å². The average Bonchev–Trinajstić information content (AvgIpc) is 2.45. The van der Waals surface area contributed by atoms with Crippen molar-refractivity contribution in [2.75, 3.05) is 27.8 Å². The van der Waals surface area contributed by atoms with Crippen LogP contribution in [-0.2, 0) is 0 Å². The molecule has 0 aliphatic heterocycles. The molecule has 2 N–H and O–H groups in total. The lowest BCUT2D eigenvalue weighted by Crippen LogP contribution is -2.43. The molecule has 0 saturated carbocycles. The molecule has 1 aromatic rings. The minimum atomic E-state index is 0.152. The van der Waals surface area contributed by atoms with Gasteiger partial charge in [-0.2, -0.15) is 0 Å². The fourth-order valence-electron chi connectivity index (χ4n) is 2.48.